The molecule has 0 aromatic carbocycles. The largest absolute Gasteiger partial charge is 0.319 e. The van der Waals surface area contributed by atoms with Crippen molar-refractivity contribution in [3.8, 4) is 0 Å². The highest BCUT2D eigenvalue weighted by atomic mass is 32.2. The van der Waals surface area contributed by atoms with E-state index < -0.39 is 10.2 Å². The van der Waals surface area contributed by atoms with Crippen molar-refractivity contribution in [2.45, 2.75) is 38.6 Å². The average molecular weight is 318 g/mol. The van der Waals surface area contributed by atoms with Gasteiger partial charge in [0.1, 0.15) is 0 Å². The van der Waals surface area contributed by atoms with Gasteiger partial charge in [-0.25, -0.2) is 4.72 Å². The Hall–Kier alpha value is -0.210. The SMILES string of the molecule is CCN1CCCC1CNS(=O)(=O)N1CCCC(CNC)C1. The van der Waals surface area contributed by atoms with Crippen molar-refractivity contribution in [2.75, 3.05) is 46.3 Å². The number of nitrogens with zero attached hydrogens (tertiary/aromatic N) is 2. The first-order chi connectivity index (χ1) is 10.1. The van der Waals surface area contributed by atoms with Crippen molar-refractivity contribution in [3.05, 3.63) is 0 Å². The Morgan fingerprint density at radius 1 is 1.14 bits per heavy atom. The zero-order chi connectivity index (χ0) is 15.3. The molecule has 0 amide bonds. The molecule has 2 atom stereocenters. The summed E-state index contributed by atoms with van der Waals surface area (Å²) in [7, 11) is -1.40. The number of likely N-dealkylation sites (tertiary alicyclic amines) is 1. The molecule has 0 bridgehead atoms. The smallest absolute Gasteiger partial charge is 0.279 e. The molecule has 0 aromatic rings. The fourth-order valence-electron chi connectivity index (χ4n) is 3.54. The minimum absolute atomic E-state index is 0.364. The molecule has 0 aliphatic carbocycles. The van der Waals surface area contributed by atoms with Gasteiger partial charge in [-0.2, -0.15) is 12.7 Å². The van der Waals surface area contributed by atoms with Crippen LogP contribution in [0.25, 0.3) is 0 Å². The van der Waals surface area contributed by atoms with E-state index in [9.17, 15) is 8.42 Å². The van der Waals surface area contributed by atoms with E-state index >= 15 is 0 Å². The van der Waals surface area contributed by atoms with Gasteiger partial charge in [0, 0.05) is 25.7 Å². The minimum Gasteiger partial charge on any atom is -0.319 e. The Kier molecular flexibility index (Phi) is 6.43. The van der Waals surface area contributed by atoms with E-state index in [-0.39, 0.29) is 0 Å². The average Bonchev–Trinajstić information content (AvgIpc) is 2.93. The maximum absolute atomic E-state index is 12.5. The Morgan fingerprint density at radius 2 is 1.90 bits per heavy atom. The molecule has 0 radical (unpaired) electrons. The van der Waals surface area contributed by atoms with Crippen LogP contribution in [-0.2, 0) is 10.2 Å². The van der Waals surface area contributed by atoms with Crippen molar-refractivity contribution >= 4 is 10.2 Å². The van der Waals surface area contributed by atoms with Gasteiger partial charge < -0.3 is 5.32 Å². The van der Waals surface area contributed by atoms with E-state index in [4.69, 9.17) is 0 Å². The number of rotatable bonds is 7. The minimum atomic E-state index is -3.32. The first-order valence-electron chi connectivity index (χ1n) is 8.20. The molecule has 2 heterocycles. The molecule has 124 valence electrons. The molecule has 0 aromatic heterocycles. The third-order valence-corrected chi connectivity index (χ3v) is 6.26. The van der Waals surface area contributed by atoms with Crippen LogP contribution in [0.5, 0.6) is 0 Å². The maximum atomic E-state index is 12.5. The van der Waals surface area contributed by atoms with Crippen LogP contribution in [0.2, 0.25) is 0 Å². The highest BCUT2D eigenvalue weighted by Gasteiger charge is 2.30. The predicted molar refractivity (Wildman–Crippen MR) is 85.4 cm³/mol. The molecule has 2 fully saturated rings. The molecule has 2 saturated heterocycles. The number of likely N-dealkylation sites (N-methyl/N-ethyl adjacent to an activating group) is 1. The van der Waals surface area contributed by atoms with Crippen LogP contribution in [0, 0.1) is 5.92 Å². The van der Waals surface area contributed by atoms with Gasteiger partial charge in [-0.1, -0.05) is 6.92 Å². The van der Waals surface area contributed by atoms with Crippen molar-refractivity contribution < 1.29 is 8.42 Å². The molecule has 2 aliphatic heterocycles. The van der Waals surface area contributed by atoms with Gasteiger partial charge >= 0.3 is 0 Å². The summed E-state index contributed by atoms with van der Waals surface area (Å²) >= 11 is 0. The molecule has 7 heteroatoms. The molecule has 0 spiro atoms. The Morgan fingerprint density at radius 3 is 2.62 bits per heavy atom. The van der Waals surface area contributed by atoms with Gasteiger partial charge in [0.05, 0.1) is 0 Å². The fourth-order valence-corrected chi connectivity index (χ4v) is 4.90. The first kappa shape index (κ1) is 17.1. The van der Waals surface area contributed by atoms with Crippen molar-refractivity contribution in [1.82, 2.24) is 19.2 Å². The van der Waals surface area contributed by atoms with Crippen molar-refractivity contribution in [2.24, 2.45) is 5.92 Å². The second-order valence-corrected chi connectivity index (χ2v) is 7.96. The zero-order valence-electron chi connectivity index (χ0n) is 13.3. The second-order valence-electron chi connectivity index (χ2n) is 6.20. The van der Waals surface area contributed by atoms with E-state index in [0.717, 1.165) is 38.9 Å². The first-order valence-corrected chi connectivity index (χ1v) is 9.64. The molecule has 21 heavy (non-hydrogen) atoms. The molecule has 2 aliphatic rings. The van der Waals surface area contributed by atoms with Crippen LogP contribution in [0.1, 0.15) is 32.6 Å². The van der Waals surface area contributed by atoms with Crippen LogP contribution in [0.4, 0.5) is 0 Å². The van der Waals surface area contributed by atoms with Crippen LogP contribution in [0.3, 0.4) is 0 Å². The van der Waals surface area contributed by atoms with Gasteiger partial charge in [0.15, 0.2) is 0 Å². The molecule has 6 nitrogen and oxygen atoms in total. The summed E-state index contributed by atoms with van der Waals surface area (Å²) in [5, 5.41) is 3.15. The fraction of sp³-hybridized carbons (Fsp3) is 1.00. The number of piperidine rings is 1. The Labute approximate surface area is 129 Å². The summed E-state index contributed by atoms with van der Waals surface area (Å²) in [5.41, 5.74) is 0. The standard InChI is InChI=1S/C14H30N4O2S/c1-3-17-8-5-7-14(17)11-16-21(19,20)18-9-4-6-13(12-18)10-15-2/h13-16H,3-12H2,1-2H3. The summed E-state index contributed by atoms with van der Waals surface area (Å²) in [6.07, 6.45) is 4.34. The summed E-state index contributed by atoms with van der Waals surface area (Å²) in [6, 6.07) is 0.364. The summed E-state index contributed by atoms with van der Waals surface area (Å²) in [4.78, 5) is 2.36. The number of hydrogen-bond donors (Lipinski definition) is 2. The maximum Gasteiger partial charge on any atom is 0.279 e. The molecule has 0 saturated carbocycles. The van der Waals surface area contributed by atoms with Crippen molar-refractivity contribution in [3.63, 3.8) is 0 Å². The van der Waals surface area contributed by atoms with Gasteiger partial charge in [-0.3, -0.25) is 4.90 Å². The molecular weight excluding hydrogens is 288 g/mol. The lowest BCUT2D eigenvalue weighted by atomic mass is 10.00. The highest BCUT2D eigenvalue weighted by Crippen LogP contribution is 2.19. The van der Waals surface area contributed by atoms with E-state index in [1.54, 1.807) is 4.31 Å². The Balaban J connectivity index is 1.86. The van der Waals surface area contributed by atoms with Gasteiger partial charge in [-0.05, 0) is 58.3 Å². The molecule has 2 unspecified atom stereocenters. The summed E-state index contributed by atoms with van der Waals surface area (Å²) < 4.78 is 29.4. The van der Waals surface area contributed by atoms with Gasteiger partial charge in [-0.15, -0.1) is 0 Å². The van der Waals surface area contributed by atoms with E-state index in [1.165, 1.54) is 6.42 Å². The lowest BCUT2D eigenvalue weighted by molar-refractivity contribution is 0.251. The lowest BCUT2D eigenvalue weighted by Crippen LogP contribution is -2.50. The van der Waals surface area contributed by atoms with Crippen LogP contribution in [0.15, 0.2) is 0 Å². The van der Waals surface area contributed by atoms with Crippen LogP contribution in [-0.4, -0.2) is 70.0 Å². The van der Waals surface area contributed by atoms with Crippen LogP contribution >= 0.6 is 0 Å². The monoisotopic (exact) mass is 318 g/mol. The summed E-state index contributed by atoms with van der Waals surface area (Å²) in [5.74, 6) is 0.430. The van der Waals surface area contributed by atoms with Gasteiger partial charge in [0.25, 0.3) is 10.2 Å². The second kappa shape index (κ2) is 7.87. The van der Waals surface area contributed by atoms with E-state index in [2.05, 4.69) is 21.9 Å². The normalized spacial score (nSPS) is 29.0. The third kappa shape index (κ3) is 4.63. The number of hydrogen-bond acceptors (Lipinski definition) is 4. The highest BCUT2D eigenvalue weighted by molar-refractivity contribution is 7.87. The number of nitrogens with one attached hydrogen (secondary N) is 2. The van der Waals surface area contributed by atoms with Gasteiger partial charge in [0.2, 0.25) is 0 Å². The topological polar surface area (TPSA) is 64.7 Å². The third-order valence-electron chi connectivity index (χ3n) is 4.72. The summed E-state index contributed by atoms with van der Waals surface area (Å²) in [6.45, 7) is 6.95. The molecule has 2 N–H and O–H groups in total. The van der Waals surface area contributed by atoms with E-state index in [1.807, 2.05) is 7.05 Å². The quantitative estimate of drug-likeness (QED) is 0.706. The lowest BCUT2D eigenvalue weighted by Gasteiger charge is -2.32. The van der Waals surface area contributed by atoms with Crippen molar-refractivity contribution in [1.29, 1.82) is 0 Å². The molecule has 2 rings (SSSR count). The zero-order valence-corrected chi connectivity index (χ0v) is 14.2. The predicted octanol–water partition coefficient (Wildman–Crippen LogP) is 0.237. The molecular formula is C14H30N4O2S. The van der Waals surface area contributed by atoms with Crippen LogP contribution < -0.4 is 10.0 Å². The Bertz CT molecular complexity index is 413. The van der Waals surface area contributed by atoms with E-state index in [0.29, 0.717) is 31.6 Å².